The molecule has 0 amide bonds. The van der Waals surface area contributed by atoms with Gasteiger partial charge in [0.1, 0.15) is 0 Å². The van der Waals surface area contributed by atoms with Crippen LogP contribution in [0.3, 0.4) is 0 Å². The van der Waals surface area contributed by atoms with Crippen molar-refractivity contribution in [2.45, 2.75) is 18.4 Å². The van der Waals surface area contributed by atoms with Gasteiger partial charge in [-0.3, -0.25) is 9.59 Å². The Labute approximate surface area is 128 Å². The average molecular weight is 305 g/mol. The summed E-state index contributed by atoms with van der Waals surface area (Å²) in [7, 11) is 0. The standard InChI is InChI=1S/C6H8O7.Na.5H2O/c7-3(8)1-6(13,5(11)12)2-4(9)10;;;;;;/h13H,1-2H2,(H,7,8)(H,9,10)(H,11,12);;5*1H2. The van der Waals surface area contributed by atoms with Crippen molar-refractivity contribution in [3.63, 3.8) is 0 Å². The Morgan fingerprint density at radius 3 is 1.05 bits per heavy atom. The molecule has 115 valence electrons. The predicted molar refractivity (Wildman–Crippen MR) is 60.9 cm³/mol. The third-order valence-corrected chi connectivity index (χ3v) is 1.29. The summed E-state index contributed by atoms with van der Waals surface area (Å²) in [5.41, 5.74) is -2.74. The summed E-state index contributed by atoms with van der Waals surface area (Å²) in [6.45, 7) is 0. The van der Waals surface area contributed by atoms with Gasteiger partial charge >= 0.3 is 17.9 Å². The molecule has 19 heavy (non-hydrogen) atoms. The van der Waals surface area contributed by atoms with Crippen molar-refractivity contribution in [2.75, 3.05) is 0 Å². The number of aliphatic carboxylic acids is 3. The third kappa shape index (κ3) is 17.2. The number of aliphatic hydroxyl groups is 1. The van der Waals surface area contributed by atoms with Gasteiger partial charge < -0.3 is 47.8 Å². The maximum absolute atomic E-state index is 10.3. The molecule has 0 fully saturated rings. The fraction of sp³-hybridized carbons (Fsp3) is 0.500. The third-order valence-electron chi connectivity index (χ3n) is 1.29. The first-order valence-corrected chi connectivity index (χ1v) is 3.17. The Morgan fingerprint density at radius 2 is 0.947 bits per heavy atom. The second-order valence-electron chi connectivity index (χ2n) is 2.48. The molecule has 0 aliphatic carbocycles. The van der Waals surface area contributed by atoms with Crippen LogP contribution in [-0.2, 0) is 14.4 Å². The Bertz CT molecular complexity index is 237. The van der Waals surface area contributed by atoms with Gasteiger partial charge in [0.05, 0.1) is 12.8 Å². The van der Waals surface area contributed by atoms with E-state index in [1.807, 2.05) is 0 Å². The number of rotatable bonds is 5. The quantitative estimate of drug-likeness (QED) is 0.356. The van der Waals surface area contributed by atoms with Gasteiger partial charge in [-0.05, 0) is 0 Å². The normalized spacial score (nSPS) is 7.42. The van der Waals surface area contributed by atoms with Gasteiger partial charge in [0, 0.05) is 29.6 Å². The molecule has 12 nitrogen and oxygen atoms in total. The zero-order valence-corrected chi connectivity index (χ0v) is 11.9. The molecule has 0 aromatic rings. The van der Waals surface area contributed by atoms with Crippen LogP contribution in [0.5, 0.6) is 0 Å². The summed E-state index contributed by atoms with van der Waals surface area (Å²) in [5.74, 6) is -5.02. The Hall–Kier alpha value is -0.830. The van der Waals surface area contributed by atoms with Gasteiger partial charge in [0.25, 0.3) is 0 Å². The van der Waals surface area contributed by atoms with Gasteiger partial charge in [0.15, 0.2) is 5.60 Å². The van der Waals surface area contributed by atoms with Crippen LogP contribution in [0.2, 0.25) is 0 Å². The zero-order chi connectivity index (χ0) is 10.6. The van der Waals surface area contributed by atoms with E-state index >= 15 is 0 Å². The Morgan fingerprint density at radius 1 is 0.737 bits per heavy atom. The topological polar surface area (TPSA) is 290 Å². The van der Waals surface area contributed by atoms with Crippen molar-refractivity contribution in [3.05, 3.63) is 0 Å². The minimum atomic E-state index is -2.74. The largest absolute Gasteiger partial charge is 0.481 e. The molecule has 0 bridgehead atoms. The molecule has 0 heterocycles. The summed E-state index contributed by atoms with van der Waals surface area (Å²) in [4.78, 5) is 30.5. The summed E-state index contributed by atoms with van der Waals surface area (Å²) in [6, 6.07) is 0. The molecule has 0 aromatic heterocycles. The number of carboxylic acids is 3. The number of hydrogen-bond donors (Lipinski definition) is 4. The van der Waals surface area contributed by atoms with Crippen LogP contribution in [-0.4, -0.2) is 101 Å². The SMILES string of the molecule is O.O.O.O.O.O=C(O)CC(O)(CC(=O)O)C(=O)O.[Na]. The summed E-state index contributed by atoms with van der Waals surface area (Å²) < 4.78 is 0. The Kier molecular flexibility index (Phi) is 38.8. The van der Waals surface area contributed by atoms with Crippen LogP contribution in [0.15, 0.2) is 0 Å². The van der Waals surface area contributed by atoms with E-state index in [9.17, 15) is 14.4 Å². The molecule has 0 unspecified atom stereocenters. The first-order chi connectivity index (χ1) is 5.78. The summed E-state index contributed by atoms with van der Waals surface area (Å²) in [5, 5.41) is 33.8. The van der Waals surface area contributed by atoms with Crippen molar-refractivity contribution in [3.8, 4) is 0 Å². The van der Waals surface area contributed by atoms with E-state index in [0.717, 1.165) is 0 Å². The molecule has 0 aromatic carbocycles. The zero-order valence-electron chi connectivity index (χ0n) is 9.93. The minimum absolute atomic E-state index is 0. The van der Waals surface area contributed by atoms with E-state index in [-0.39, 0.29) is 56.9 Å². The smallest absolute Gasteiger partial charge is 0.336 e. The van der Waals surface area contributed by atoms with Crippen molar-refractivity contribution in [1.82, 2.24) is 0 Å². The van der Waals surface area contributed by atoms with Gasteiger partial charge in [-0.1, -0.05) is 0 Å². The second kappa shape index (κ2) is 17.2. The van der Waals surface area contributed by atoms with Crippen molar-refractivity contribution in [1.29, 1.82) is 0 Å². The van der Waals surface area contributed by atoms with E-state index < -0.39 is 36.4 Å². The van der Waals surface area contributed by atoms with Crippen LogP contribution in [0, 0.1) is 0 Å². The molecule has 0 aliphatic rings. The van der Waals surface area contributed by atoms with Crippen LogP contribution in [0.4, 0.5) is 0 Å². The van der Waals surface area contributed by atoms with Crippen LogP contribution in [0.25, 0.3) is 0 Å². The molecule has 0 atom stereocenters. The molecule has 13 heteroatoms. The molecule has 0 saturated carbocycles. The van der Waals surface area contributed by atoms with E-state index in [1.165, 1.54) is 0 Å². The van der Waals surface area contributed by atoms with Gasteiger partial charge in [-0.15, -0.1) is 0 Å². The molecule has 1 radical (unpaired) electrons. The minimum Gasteiger partial charge on any atom is -0.481 e. The van der Waals surface area contributed by atoms with E-state index in [2.05, 4.69) is 0 Å². The molecule has 0 spiro atoms. The average Bonchev–Trinajstić information content (AvgIpc) is 1.82. The monoisotopic (exact) mass is 305 g/mol. The van der Waals surface area contributed by atoms with Gasteiger partial charge in [-0.2, -0.15) is 0 Å². The molecular weight excluding hydrogens is 287 g/mol. The van der Waals surface area contributed by atoms with Crippen molar-refractivity contribution >= 4 is 47.5 Å². The number of hydrogen-bond acceptors (Lipinski definition) is 4. The van der Waals surface area contributed by atoms with Crippen LogP contribution in [0.1, 0.15) is 12.8 Å². The summed E-state index contributed by atoms with van der Waals surface area (Å²) in [6.07, 6.45) is -2.29. The van der Waals surface area contributed by atoms with Crippen molar-refractivity contribution < 1.29 is 62.2 Å². The first kappa shape index (κ1) is 42.9. The maximum atomic E-state index is 10.3. The Balaban J connectivity index is -0.0000000480. The van der Waals surface area contributed by atoms with E-state index in [4.69, 9.17) is 20.4 Å². The first-order valence-electron chi connectivity index (χ1n) is 3.17. The maximum Gasteiger partial charge on any atom is 0.336 e. The van der Waals surface area contributed by atoms with Crippen molar-refractivity contribution in [2.24, 2.45) is 0 Å². The van der Waals surface area contributed by atoms with Gasteiger partial charge in [-0.25, -0.2) is 4.79 Å². The van der Waals surface area contributed by atoms with Crippen LogP contribution >= 0.6 is 0 Å². The molecule has 0 aliphatic heterocycles. The summed E-state index contributed by atoms with van der Waals surface area (Å²) >= 11 is 0. The molecular formula is C6H18NaO12. The number of carboxylic acid groups (broad SMARTS) is 3. The fourth-order valence-corrected chi connectivity index (χ4v) is 0.714. The predicted octanol–water partition coefficient (Wildman–Crippen LogP) is -5.75. The molecule has 0 rings (SSSR count). The van der Waals surface area contributed by atoms with Gasteiger partial charge in [0.2, 0.25) is 0 Å². The molecule has 0 saturated heterocycles. The van der Waals surface area contributed by atoms with E-state index in [1.54, 1.807) is 0 Å². The van der Waals surface area contributed by atoms with E-state index in [0.29, 0.717) is 0 Å². The second-order valence-corrected chi connectivity index (χ2v) is 2.48. The number of carbonyl (C=O) groups is 3. The molecule has 14 N–H and O–H groups in total. The van der Waals surface area contributed by atoms with Crippen LogP contribution < -0.4 is 0 Å². The fourth-order valence-electron chi connectivity index (χ4n) is 0.714.